The predicted molar refractivity (Wildman–Crippen MR) is 137 cm³/mol. The Bertz CT molecular complexity index is 1300. The maximum atomic E-state index is 13.0. The first-order chi connectivity index (χ1) is 16.6. The van der Waals surface area contributed by atoms with E-state index in [2.05, 4.69) is 64.9 Å². The Morgan fingerprint density at radius 1 is 0.971 bits per heavy atom. The molecule has 1 amide bonds. The van der Waals surface area contributed by atoms with Gasteiger partial charge in [0.15, 0.2) is 0 Å². The van der Waals surface area contributed by atoms with E-state index in [1.807, 2.05) is 12.1 Å². The Morgan fingerprint density at radius 2 is 1.71 bits per heavy atom. The van der Waals surface area contributed by atoms with Crippen LogP contribution in [0.1, 0.15) is 56.3 Å². The molecule has 0 N–H and O–H groups in total. The molecule has 1 saturated heterocycles. The molecule has 4 aromatic rings. The lowest BCUT2D eigenvalue weighted by atomic mass is 9.97. The van der Waals surface area contributed by atoms with Crippen LogP contribution in [0, 0.1) is 0 Å². The number of aromatic nitrogens is 2. The van der Waals surface area contributed by atoms with Gasteiger partial charge in [0.2, 0.25) is 5.91 Å². The van der Waals surface area contributed by atoms with Crippen LogP contribution in [0.25, 0.3) is 21.8 Å². The number of rotatable bonds is 6. The average Bonchev–Trinajstić information content (AvgIpc) is 3.03. The molecule has 1 aliphatic heterocycles. The van der Waals surface area contributed by atoms with Gasteiger partial charge in [-0.25, -0.2) is 4.98 Å². The lowest BCUT2D eigenvalue weighted by Gasteiger charge is -2.21. The SMILES string of the molecule is COc1ccc2cc(C(C)c3nc4ccccc4n3CCC(=O)N3CCCCCC3)ccc2c1. The maximum Gasteiger partial charge on any atom is 0.224 e. The van der Waals surface area contributed by atoms with E-state index in [4.69, 9.17) is 9.72 Å². The van der Waals surface area contributed by atoms with Crippen molar-refractivity contribution in [2.45, 2.75) is 51.5 Å². The number of para-hydroxylation sites is 2. The van der Waals surface area contributed by atoms with E-state index in [1.54, 1.807) is 7.11 Å². The van der Waals surface area contributed by atoms with Crippen molar-refractivity contribution in [3.05, 3.63) is 72.1 Å². The number of ether oxygens (including phenoxy) is 1. The molecule has 1 unspecified atom stereocenters. The van der Waals surface area contributed by atoms with Crippen molar-refractivity contribution < 1.29 is 9.53 Å². The fraction of sp³-hybridized carbons (Fsp3) is 0.379. The fourth-order valence-corrected chi connectivity index (χ4v) is 5.13. The highest BCUT2D eigenvalue weighted by Crippen LogP contribution is 2.31. The van der Waals surface area contributed by atoms with E-state index in [9.17, 15) is 4.79 Å². The molecule has 0 radical (unpaired) electrons. The van der Waals surface area contributed by atoms with E-state index in [0.717, 1.165) is 53.9 Å². The largest absolute Gasteiger partial charge is 0.497 e. The number of methoxy groups -OCH3 is 1. The highest BCUT2D eigenvalue weighted by atomic mass is 16.5. The van der Waals surface area contributed by atoms with Crippen molar-refractivity contribution in [1.82, 2.24) is 14.5 Å². The molecule has 2 heterocycles. The van der Waals surface area contributed by atoms with Gasteiger partial charge < -0.3 is 14.2 Å². The topological polar surface area (TPSA) is 47.4 Å². The number of fused-ring (bicyclic) bond motifs is 2. The van der Waals surface area contributed by atoms with Crippen molar-refractivity contribution >= 4 is 27.7 Å². The Hall–Kier alpha value is -3.34. The molecule has 5 nitrogen and oxygen atoms in total. The molecule has 1 atom stereocenters. The van der Waals surface area contributed by atoms with Crippen LogP contribution in [0.5, 0.6) is 5.75 Å². The molecular weight excluding hydrogens is 422 g/mol. The van der Waals surface area contributed by atoms with Gasteiger partial charge in [0, 0.05) is 32.0 Å². The molecule has 1 fully saturated rings. The predicted octanol–water partition coefficient (Wildman–Crippen LogP) is 6.14. The van der Waals surface area contributed by atoms with Gasteiger partial charge in [-0.05, 0) is 53.4 Å². The summed E-state index contributed by atoms with van der Waals surface area (Å²) in [5.74, 6) is 2.24. The van der Waals surface area contributed by atoms with Gasteiger partial charge in [0.05, 0.1) is 18.1 Å². The Kier molecular flexibility index (Phi) is 6.52. The Balaban J connectivity index is 1.44. The zero-order valence-electron chi connectivity index (χ0n) is 20.2. The molecule has 5 heteroatoms. The van der Waals surface area contributed by atoms with Crippen molar-refractivity contribution in [2.75, 3.05) is 20.2 Å². The fourth-order valence-electron chi connectivity index (χ4n) is 5.13. The summed E-state index contributed by atoms with van der Waals surface area (Å²) in [6.07, 6.45) is 5.22. The van der Waals surface area contributed by atoms with Gasteiger partial charge in [0.1, 0.15) is 11.6 Å². The smallest absolute Gasteiger partial charge is 0.224 e. The first-order valence-corrected chi connectivity index (χ1v) is 12.4. The van der Waals surface area contributed by atoms with Crippen LogP contribution in [-0.4, -0.2) is 40.6 Å². The molecule has 0 saturated carbocycles. The highest BCUT2D eigenvalue weighted by molar-refractivity contribution is 5.85. The van der Waals surface area contributed by atoms with E-state index in [0.29, 0.717) is 13.0 Å². The third-order valence-corrected chi connectivity index (χ3v) is 7.15. The van der Waals surface area contributed by atoms with Crippen LogP contribution in [0.2, 0.25) is 0 Å². The summed E-state index contributed by atoms with van der Waals surface area (Å²) in [4.78, 5) is 20.1. The maximum absolute atomic E-state index is 13.0. The normalized spacial score (nSPS) is 15.4. The van der Waals surface area contributed by atoms with Gasteiger partial charge in [-0.2, -0.15) is 0 Å². The van der Waals surface area contributed by atoms with E-state index in [-0.39, 0.29) is 11.8 Å². The van der Waals surface area contributed by atoms with Gasteiger partial charge in [0.25, 0.3) is 0 Å². The molecule has 3 aromatic carbocycles. The monoisotopic (exact) mass is 455 g/mol. The summed E-state index contributed by atoms with van der Waals surface area (Å²) >= 11 is 0. The van der Waals surface area contributed by atoms with Crippen LogP contribution in [-0.2, 0) is 11.3 Å². The molecule has 0 spiro atoms. The quantitative estimate of drug-likeness (QED) is 0.351. The zero-order valence-corrected chi connectivity index (χ0v) is 20.2. The number of hydrogen-bond acceptors (Lipinski definition) is 3. The molecule has 5 rings (SSSR count). The number of imidazole rings is 1. The zero-order chi connectivity index (χ0) is 23.5. The van der Waals surface area contributed by atoms with Crippen LogP contribution in [0.15, 0.2) is 60.7 Å². The number of carbonyl (C=O) groups is 1. The minimum atomic E-state index is 0.104. The lowest BCUT2D eigenvalue weighted by molar-refractivity contribution is -0.131. The number of carbonyl (C=O) groups excluding carboxylic acids is 1. The lowest BCUT2D eigenvalue weighted by Crippen LogP contribution is -2.32. The van der Waals surface area contributed by atoms with Crippen molar-refractivity contribution in [2.24, 2.45) is 0 Å². The van der Waals surface area contributed by atoms with Crippen LogP contribution < -0.4 is 4.74 Å². The number of likely N-dealkylation sites (tertiary alicyclic amines) is 1. The van der Waals surface area contributed by atoms with Crippen molar-refractivity contribution in [3.63, 3.8) is 0 Å². The number of nitrogens with zero attached hydrogens (tertiary/aromatic N) is 3. The summed E-state index contributed by atoms with van der Waals surface area (Å²) in [6, 6.07) is 21.0. The number of hydrogen-bond donors (Lipinski definition) is 0. The summed E-state index contributed by atoms with van der Waals surface area (Å²) in [5.41, 5.74) is 3.30. The third-order valence-electron chi connectivity index (χ3n) is 7.15. The molecule has 34 heavy (non-hydrogen) atoms. The summed E-state index contributed by atoms with van der Waals surface area (Å²) in [7, 11) is 1.69. The van der Waals surface area contributed by atoms with Crippen LogP contribution in [0.3, 0.4) is 0 Å². The number of benzene rings is 3. The molecule has 176 valence electrons. The first kappa shape index (κ1) is 22.5. The molecule has 1 aromatic heterocycles. The summed E-state index contributed by atoms with van der Waals surface area (Å²) < 4.78 is 7.63. The molecular formula is C29H33N3O2. The van der Waals surface area contributed by atoms with Gasteiger partial charge in [-0.1, -0.05) is 56.2 Å². The minimum absolute atomic E-state index is 0.104. The Morgan fingerprint density at radius 3 is 2.50 bits per heavy atom. The van der Waals surface area contributed by atoms with Gasteiger partial charge in [-0.3, -0.25) is 4.79 Å². The Labute approximate surface area is 201 Å². The second-order valence-corrected chi connectivity index (χ2v) is 9.35. The standard InChI is InChI=1S/C29H33N3O2/c1-21(22-11-12-24-20-25(34-2)14-13-23(24)19-22)29-30-26-9-5-6-10-27(26)32(29)18-15-28(33)31-16-7-3-4-8-17-31/h5-6,9-14,19-21H,3-4,7-8,15-18H2,1-2H3. The molecule has 0 aliphatic carbocycles. The highest BCUT2D eigenvalue weighted by Gasteiger charge is 2.21. The summed E-state index contributed by atoms with van der Waals surface area (Å²) in [6.45, 7) is 4.66. The molecule has 1 aliphatic rings. The number of amides is 1. The van der Waals surface area contributed by atoms with E-state index >= 15 is 0 Å². The third kappa shape index (κ3) is 4.52. The van der Waals surface area contributed by atoms with E-state index in [1.165, 1.54) is 23.8 Å². The second-order valence-electron chi connectivity index (χ2n) is 9.35. The summed E-state index contributed by atoms with van der Waals surface area (Å²) in [5, 5.41) is 2.34. The molecule has 0 bridgehead atoms. The van der Waals surface area contributed by atoms with Crippen LogP contribution >= 0.6 is 0 Å². The number of aryl methyl sites for hydroxylation is 1. The first-order valence-electron chi connectivity index (χ1n) is 12.4. The minimum Gasteiger partial charge on any atom is -0.497 e. The van der Waals surface area contributed by atoms with Crippen molar-refractivity contribution in [3.8, 4) is 5.75 Å². The van der Waals surface area contributed by atoms with Crippen molar-refractivity contribution in [1.29, 1.82) is 0 Å². The van der Waals surface area contributed by atoms with Crippen LogP contribution in [0.4, 0.5) is 0 Å². The van der Waals surface area contributed by atoms with E-state index < -0.39 is 0 Å². The average molecular weight is 456 g/mol. The van der Waals surface area contributed by atoms with Gasteiger partial charge in [-0.15, -0.1) is 0 Å². The second kappa shape index (κ2) is 9.88. The van der Waals surface area contributed by atoms with Gasteiger partial charge >= 0.3 is 0 Å².